The van der Waals surface area contributed by atoms with E-state index in [2.05, 4.69) is 31.2 Å². The first-order valence-corrected chi connectivity index (χ1v) is 6.83. The van der Waals surface area contributed by atoms with Crippen molar-refractivity contribution in [2.75, 3.05) is 0 Å². The molecule has 1 aliphatic carbocycles. The number of rotatable bonds is 1. The highest BCUT2D eigenvalue weighted by molar-refractivity contribution is 5.97. The van der Waals surface area contributed by atoms with Crippen LogP contribution in [0.2, 0.25) is 0 Å². The van der Waals surface area contributed by atoms with E-state index in [0.29, 0.717) is 0 Å². The van der Waals surface area contributed by atoms with Crippen molar-refractivity contribution < 1.29 is 9.63 Å². The van der Waals surface area contributed by atoms with Gasteiger partial charge in [0.15, 0.2) is 0 Å². The molecule has 2 bridgehead atoms. The molecule has 2 unspecified atom stereocenters. The smallest absolute Gasteiger partial charge is 0.267 e. The molecule has 19 heavy (non-hydrogen) atoms. The Kier molecular flexibility index (Phi) is 2.94. The number of nitrogens with zero attached hydrogens (tertiary/aromatic N) is 1. The van der Waals surface area contributed by atoms with Gasteiger partial charge in [-0.15, -0.1) is 0 Å². The van der Waals surface area contributed by atoms with Gasteiger partial charge < -0.3 is 0 Å². The van der Waals surface area contributed by atoms with Crippen molar-refractivity contribution in [3.8, 4) is 0 Å². The zero-order chi connectivity index (χ0) is 13.6. The molecule has 1 fully saturated rings. The predicted octanol–water partition coefficient (Wildman–Crippen LogP) is 3.09. The van der Waals surface area contributed by atoms with Crippen molar-refractivity contribution >= 4 is 5.91 Å². The fraction of sp³-hybridized carbons (Fsp3) is 0.438. The number of benzene rings is 1. The van der Waals surface area contributed by atoms with E-state index in [1.807, 2.05) is 13.8 Å². The molecule has 1 aromatic rings. The number of amides is 1. The van der Waals surface area contributed by atoms with Gasteiger partial charge in [0.2, 0.25) is 0 Å². The molecule has 2 atom stereocenters. The molecule has 1 amide bonds. The summed E-state index contributed by atoms with van der Waals surface area (Å²) in [6.07, 6.45) is 6.23. The van der Waals surface area contributed by atoms with Crippen LogP contribution in [0.5, 0.6) is 0 Å². The number of carbonyl (C=O) groups excluding carboxylic acids is 1. The predicted molar refractivity (Wildman–Crippen MR) is 73.9 cm³/mol. The maximum Gasteiger partial charge on any atom is 0.278 e. The van der Waals surface area contributed by atoms with E-state index < -0.39 is 0 Å². The molecule has 0 radical (unpaired) electrons. The lowest BCUT2D eigenvalue weighted by atomic mass is 9.95. The van der Waals surface area contributed by atoms with Gasteiger partial charge in [-0.2, -0.15) is 0 Å². The first kappa shape index (κ1) is 12.4. The number of hydrogen-bond donors (Lipinski definition) is 0. The highest BCUT2D eigenvalue weighted by Crippen LogP contribution is 2.30. The number of aryl methyl sites for hydroxylation is 3. The van der Waals surface area contributed by atoms with Crippen LogP contribution >= 0.6 is 0 Å². The minimum absolute atomic E-state index is 0.00551. The van der Waals surface area contributed by atoms with Crippen molar-refractivity contribution in [2.24, 2.45) is 0 Å². The average Bonchev–Trinajstić information content (AvgIpc) is 2.38. The molecule has 0 N–H and O–H groups in total. The van der Waals surface area contributed by atoms with Crippen LogP contribution in [0.15, 0.2) is 24.3 Å². The van der Waals surface area contributed by atoms with Crippen LogP contribution in [-0.2, 0) is 4.84 Å². The SMILES string of the molecule is Cc1cc(C)c(C(=O)N2OC3C=CC2CC3)c(C)c1. The Bertz CT molecular complexity index is 539. The Balaban J connectivity index is 1.95. The second kappa shape index (κ2) is 4.49. The number of hydrogen-bond acceptors (Lipinski definition) is 2. The Morgan fingerprint density at radius 3 is 2.32 bits per heavy atom. The van der Waals surface area contributed by atoms with Crippen molar-refractivity contribution in [1.29, 1.82) is 0 Å². The monoisotopic (exact) mass is 257 g/mol. The Labute approximate surface area is 113 Å². The second-order valence-corrected chi connectivity index (χ2v) is 5.58. The first-order valence-electron chi connectivity index (χ1n) is 6.83. The zero-order valence-corrected chi connectivity index (χ0v) is 11.6. The molecule has 0 saturated carbocycles. The topological polar surface area (TPSA) is 29.5 Å². The molecule has 3 aliphatic rings. The van der Waals surface area contributed by atoms with Gasteiger partial charge >= 0.3 is 0 Å². The van der Waals surface area contributed by atoms with Crippen LogP contribution in [0, 0.1) is 20.8 Å². The van der Waals surface area contributed by atoms with Crippen LogP contribution in [0.3, 0.4) is 0 Å². The van der Waals surface area contributed by atoms with E-state index in [0.717, 1.165) is 29.5 Å². The normalized spacial score (nSPS) is 24.9. The fourth-order valence-electron chi connectivity index (χ4n) is 3.11. The third kappa shape index (κ3) is 2.08. The Morgan fingerprint density at radius 1 is 1.16 bits per heavy atom. The lowest BCUT2D eigenvalue weighted by Crippen LogP contribution is -2.48. The van der Waals surface area contributed by atoms with Gasteiger partial charge in [0.1, 0.15) is 6.10 Å². The highest BCUT2D eigenvalue weighted by atomic mass is 16.7. The molecule has 2 aliphatic heterocycles. The standard InChI is InChI=1S/C16H19NO2/c1-10-8-11(2)15(12(3)9-10)16(18)17-13-4-6-14(19-17)7-5-13/h4,6,8-9,13-14H,5,7H2,1-3H3. The van der Waals surface area contributed by atoms with Crippen molar-refractivity contribution in [3.05, 3.63) is 46.5 Å². The van der Waals surface area contributed by atoms with Crippen molar-refractivity contribution in [3.63, 3.8) is 0 Å². The van der Waals surface area contributed by atoms with Gasteiger partial charge in [0, 0.05) is 5.56 Å². The number of carbonyl (C=O) groups is 1. The zero-order valence-electron chi connectivity index (χ0n) is 11.6. The quantitative estimate of drug-likeness (QED) is 0.724. The van der Waals surface area contributed by atoms with Crippen LogP contribution in [0.25, 0.3) is 0 Å². The maximum absolute atomic E-state index is 12.7. The summed E-state index contributed by atoms with van der Waals surface area (Å²) in [5, 5.41) is 1.57. The molecule has 3 nitrogen and oxygen atoms in total. The molecule has 4 rings (SSSR count). The summed E-state index contributed by atoms with van der Waals surface area (Å²) in [7, 11) is 0. The molecule has 1 saturated heterocycles. The highest BCUT2D eigenvalue weighted by Gasteiger charge is 2.35. The number of fused-ring (bicyclic) bond motifs is 2. The van der Waals surface area contributed by atoms with E-state index in [4.69, 9.17) is 4.84 Å². The first-order chi connectivity index (χ1) is 9.06. The molecule has 0 spiro atoms. The van der Waals surface area contributed by atoms with Gasteiger partial charge in [-0.25, -0.2) is 5.06 Å². The third-order valence-electron chi connectivity index (χ3n) is 3.94. The number of hydroxylamine groups is 2. The maximum atomic E-state index is 12.7. The second-order valence-electron chi connectivity index (χ2n) is 5.58. The summed E-state index contributed by atoms with van der Waals surface area (Å²) in [6, 6.07) is 4.20. The van der Waals surface area contributed by atoms with Gasteiger partial charge in [-0.1, -0.05) is 29.8 Å². The summed E-state index contributed by atoms with van der Waals surface area (Å²) >= 11 is 0. The van der Waals surface area contributed by atoms with Crippen molar-refractivity contribution in [1.82, 2.24) is 5.06 Å². The van der Waals surface area contributed by atoms with Gasteiger partial charge in [0.25, 0.3) is 5.91 Å². The summed E-state index contributed by atoms with van der Waals surface area (Å²) in [5.41, 5.74) is 4.02. The summed E-state index contributed by atoms with van der Waals surface area (Å²) < 4.78 is 0. The van der Waals surface area contributed by atoms with Gasteiger partial charge in [0.05, 0.1) is 6.04 Å². The summed E-state index contributed by atoms with van der Waals surface area (Å²) in [4.78, 5) is 18.4. The molecular weight excluding hydrogens is 238 g/mol. The van der Waals surface area contributed by atoms with E-state index >= 15 is 0 Å². The van der Waals surface area contributed by atoms with E-state index in [-0.39, 0.29) is 18.1 Å². The average molecular weight is 257 g/mol. The molecule has 2 heterocycles. The molecule has 1 aromatic carbocycles. The molecule has 3 heteroatoms. The fourth-order valence-corrected chi connectivity index (χ4v) is 3.11. The summed E-state index contributed by atoms with van der Waals surface area (Å²) in [6.45, 7) is 6.03. The lowest BCUT2D eigenvalue weighted by molar-refractivity contribution is -0.197. The third-order valence-corrected chi connectivity index (χ3v) is 3.94. The minimum atomic E-state index is -0.00551. The van der Waals surface area contributed by atoms with Crippen molar-refractivity contribution in [2.45, 2.75) is 45.8 Å². The van der Waals surface area contributed by atoms with Crippen LogP contribution in [0.4, 0.5) is 0 Å². The largest absolute Gasteiger partial charge is 0.278 e. The molecule has 100 valence electrons. The Morgan fingerprint density at radius 2 is 1.84 bits per heavy atom. The van der Waals surface area contributed by atoms with Crippen LogP contribution in [0.1, 0.15) is 39.9 Å². The van der Waals surface area contributed by atoms with Crippen LogP contribution in [-0.4, -0.2) is 23.1 Å². The van der Waals surface area contributed by atoms with E-state index in [1.165, 1.54) is 5.56 Å². The Hall–Kier alpha value is -1.61. The summed E-state index contributed by atoms with van der Waals surface area (Å²) in [5.74, 6) is -0.00551. The van der Waals surface area contributed by atoms with E-state index in [9.17, 15) is 4.79 Å². The lowest BCUT2D eigenvalue weighted by Gasteiger charge is -2.40. The molecule has 0 aromatic heterocycles. The molecular formula is C16H19NO2. The van der Waals surface area contributed by atoms with Gasteiger partial charge in [-0.05, 0) is 44.7 Å². The van der Waals surface area contributed by atoms with Gasteiger partial charge in [-0.3, -0.25) is 9.63 Å². The van der Waals surface area contributed by atoms with E-state index in [1.54, 1.807) is 5.06 Å². The minimum Gasteiger partial charge on any atom is -0.267 e. The van der Waals surface area contributed by atoms with Crippen LogP contribution < -0.4 is 0 Å².